The molecule has 1 aromatic rings. The SMILES string of the molecule is CCCCCCC=CC1=C(OC(C)=O)C(=O)c2ccccc2C1=O. The minimum absolute atomic E-state index is 0.157. The first-order valence-electron chi connectivity index (χ1n) is 8.34. The highest BCUT2D eigenvalue weighted by atomic mass is 16.5. The molecule has 0 saturated carbocycles. The van der Waals surface area contributed by atoms with Gasteiger partial charge in [0.05, 0.1) is 5.57 Å². The average Bonchev–Trinajstić information content (AvgIpc) is 2.57. The summed E-state index contributed by atoms with van der Waals surface area (Å²) < 4.78 is 5.06. The number of benzene rings is 1. The summed E-state index contributed by atoms with van der Waals surface area (Å²) in [7, 11) is 0. The first-order chi connectivity index (χ1) is 11.6. The van der Waals surface area contributed by atoms with E-state index in [1.54, 1.807) is 30.3 Å². The first-order valence-corrected chi connectivity index (χ1v) is 8.34. The number of hydrogen-bond acceptors (Lipinski definition) is 4. The Hall–Kier alpha value is -2.49. The molecule has 0 saturated heterocycles. The number of carbonyl (C=O) groups is 3. The van der Waals surface area contributed by atoms with Crippen molar-refractivity contribution in [2.24, 2.45) is 0 Å². The highest BCUT2D eigenvalue weighted by Crippen LogP contribution is 2.28. The highest BCUT2D eigenvalue weighted by molar-refractivity contribution is 6.27. The molecule has 4 heteroatoms. The Balaban J connectivity index is 2.28. The lowest BCUT2D eigenvalue weighted by Crippen LogP contribution is -2.23. The Morgan fingerprint density at radius 2 is 1.71 bits per heavy atom. The van der Waals surface area contributed by atoms with Gasteiger partial charge in [0.1, 0.15) is 0 Å². The third-order valence-corrected chi connectivity index (χ3v) is 3.87. The molecule has 1 aromatic carbocycles. The fourth-order valence-electron chi connectivity index (χ4n) is 2.66. The predicted molar refractivity (Wildman–Crippen MR) is 91.8 cm³/mol. The zero-order chi connectivity index (χ0) is 17.5. The van der Waals surface area contributed by atoms with Gasteiger partial charge in [0.15, 0.2) is 11.5 Å². The molecular formula is C20H22O4. The van der Waals surface area contributed by atoms with E-state index >= 15 is 0 Å². The molecule has 1 aliphatic carbocycles. The van der Waals surface area contributed by atoms with Crippen molar-refractivity contribution in [2.75, 3.05) is 0 Å². The molecule has 24 heavy (non-hydrogen) atoms. The Labute approximate surface area is 142 Å². The van der Waals surface area contributed by atoms with E-state index in [1.807, 2.05) is 6.08 Å². The normalized spacial score (nSPS) is 14.2. The molecule has 0 aliphatic heterocycles. The number of rotatable bonds is 7. The number of hydrogen-bond donors (Lipinski definition) is 0. The number of esters is 1. The third-order valence-electron chi connectivity index (χ3n) is 3.87. The summed E-state index contributed by atoms with van der Waals surface area (Å²) in [5.74, 6) is -1.49. The van der Waals surface area contributed by atoms with E-state index in [0.717, 1.165) is 25.7 Å². The molecule has 0 aromatic heterocycles. The fraction of sp³-hybridized carbons (Fsp3) is 0.350. The largest absolute Gasteiger partial charge is 0.422 e. The van der Waals surface area contributed by atoms with Gasteiger partial charge in [-0.3, -0.25) is 14.4 Å². The lowest BCUT2D eigenvalue weighted by atomic mass is 9.87. The number of unbranched alkanes of at least 4 members (excludes halogenated alkanes) is 4. The Morgan fingerprint density at radius 1 is 1.04 bits per heavy atom. The quantitative estimate of drug-likeness (QED) is 0.550. The summed E-state index contributed by atoms with van der Waals surface area (Å²) in [6.07, 6.45) is 8.80. The summed E-state index contributed by atoms with van der Waals surface area (Å²) >= 11 is 0. The number of carbonyl (C=O) groups excluding carboxylic acids is 3. The van der Waals surface area contributed by atoms with Crippen molar-refractivity contribution in [2.45, 2.75) is 46.0 Å². The zero-order valence-electron chi connectivity index (χ0n) is 14.1. The molecule has 0 heterocycles. The Bertz CT molecular complexity index is 710. The van der Waals surface area contributed by atoms with Gasteiger partial charge in [0, 0.05) is 18.1 Å². The van der Waals surface area contributed by atoms with Gasteiger partial charge in [-0.25, -0.2) is 0 Å². The molecule has 0 atom stereocenters. The molecule has 0 bridgehead atoms. The topological polar surface area (TPSA) is 60.4 Å². The van der Waals surface area contributed by atoms with E-state index in [2.05, 4.69) is 6.92 Å². The van der Waals surface area contributed by atoms with Gasteiger partial charge in [-0.15, -0.1) is 0 Å². The van der Waals surface area contributed by atoms with E-state index in [9.17, 15) is 14.4 Å². The Kier molecular flexibility index (Phi) is 6.24. The summed E-state index contributed by atoms with van der Waals surface area (Å²) in [6, 6.07) is 6.59. The fourth-order valence-corrected chi connectivity index (χ4v) is 2.66. The molecular weight excluding hydrogens is 304 g/mol. The molecule has 4 nitrogen and oxygen atoms in total. The minimum Gasteiger partial charge on any atom is -0.422 e. The van der Waals surface area contributed by atoms with E-state index in [4.69, 9.17) is 4.74 Å². The van der Waals surface area contributed by atoms with Crippen LogP contribution in [-0.4, -0.2) is 17.5 Å². The van der Waals surface area contributed by atoms with Crippen LogP contribution < -0.4 is 0 Å². The molecule has 1 aliphatic rings. The van der Waals surface area contributed by atoms with Crippen molar-refractivity contribution >= 4 is 17.5 Å². The Morgan fingerprint density at radius 3 is 2.33 bits per heavy atom. The van der Waals surface area contributed by atoms with Gasteiger partial charge in [-0.05, 0) is 12.8 Å². The van der Waals surface area contributed by atoms with Gasteiger partial charge in [0.2, 0.25) is 5.78 Å². The average molecular weight is 326 g/mol. The van der Waals surface area contributed by atoms with Crippen molar-refractivity contribution in [3.63, 3.8) is 0 Å². The molecule has 0 fully saturated rings. The van der Waals surface area contributed by atoms with Crippen LogP contribution in [0.2, 0.25) is 0 Å². The van der Waals surface area contributed by atoms with Gasteiger partial charge in [-0.1, -0.05) is 62.6 Å². The van der Waals surface area contributed by atoms with Gasteiger partial charge < -0.3 is 4.74 Å². The maximum atomic E-state index is 12.7. The van der Waals surface area contributed by atoms with E-state index in [-0.39, 0.29) is 22.7 Å². The van der Waals surface area contributed by atoms with Crippen molar-refractivity contribution in [3.8, 4) is 0 Å². The van der Waals surface area contributed by atoms with Crippen molar-refractivity contribution in [3.05, 3.63) is 58.9 Å². The van der Waals surface area contributed by atoms with E-state index in [0.29, 0.717) is 5.56 Å². The van der Waals surface area contributed by atoms with Crippen LogP contribution in [-0.2, 0) is 9.53 Å². The van der Waals surface area contributed by atoms with Crippen LogP contribution in [0, 0.1) is 0 Å². The molecule has 0 radical (unpaired) electrons. The lowest BCUT2D eigenvalue weighted by Gasteiger charge is -2.18. The number of ketones is 2. The second-order valence-electron chi connectivity index (χ2n) is 5.79. The van der Waals surface area contributed by atoms with Crippen molar-refractivity contribution in [1.82, 2.24) is 0 Å². The number of ether oxygens (including phenoxy) is 1. The number of allylic oxidation sites excluding steroid dienone is 4. The summed E-state index contributed by atoms with van der Waals surface area (Å²) in [5.41, 5.74) is 0.785. The van der Waals surface area contributed by atoms with Crippen LogP contribution in [0.1, 0.15) is 66.7 Å². The zero-order valence-corrected chi connectivity index (χ0v) is 14.1. The number of fused-ring (bicyclic) bond motifs is 1. The van der Waals surface area contributed by atoms with Crippen LogP contribution in [0.25, 0.3) is 0 Å². The van der Waals surface area contributed by atoms with Crippen LogP contribution >= 0.6 is 0 Å². The number of Topliss-reactive ketones (excluding diaryl/α,β-unsaturated/α-hetero) is 2. The smallest absolute Gasteiger partial charge is 0.308 e. The van der Waals surface area contributed by atoms with Crippen LogP contribution in [0.15, 0.2) is 47.7 Å². The molecule has 126 valence electrons. The first kappa shape index (κ1) is 17.9. The molecule has 0 N–H and O–H groups in total. The summed E-state index contributed by atoms with van der Waals surface area (Å²) in [5, 5.41) is 0. The second-order valence-corrected chi connectivity index (χ2v) is 5.79. The maximum absolute atomic E-state index is 12.7. The monoisotopic (exact) mass is 326 g/mol. The van der Waals surface area contributed by atoms with Gasteiger partial charge >= 0.3 is 5.97 Å². The summed E-state index contributed by atoms with van der Waals surface area (Å²) in [4.78, 5) is 36.6. The van der Waals surface area contributed by atoms with Crippen molar-refractivity contribution < 1.29 is 19.1 Å². The molecule has 2 rings (SSSR count). The molecule has 0 spiro atoms. The van der Waals surface area contributed by atoms with E-state index in [1.165, 1.54) is 13.3 Å². The summed E-state index contributed by atoms with van der Waals surface area (Å²) in [6.45, 7) is 3.37. The maximum Gasteiger partial charge on any atom is 0.308 e. The molecule has 0 amide bonds. The molecule has 0 unspecified atom stereocenters. The van der Waals surface area contributed by atoms with Crippen LogP contribution in [0.5, 0.6) is 0 Å². The second kappa shape index (κ2) is 8.39. The van der Waals surface area contributed by atoms with Crippen LogP contribution in [0.4, 0.5) is 0 Å². The third kappa shape index (κ3) is 4.07. The van der Waals surface area contributed by atoms with Crippen LogP contribution in [0.3, 0.4) is 0 Å². The lowest BCUT2D eigenvalue weighted by molar-refractivity contribution is -0.136. The van der Waals surface area contributed by atoms with Crippen molar-refractivity contribution in [1.29, 1.82) is 0 Å². The standard InChI is InChI=1S/C20H22O4/c1-3-4-5-6-7-8-13-17-18(22)15-11-9-10-12-16(15)19(23)20(17)24-14(2)21/h8-13H,3-7H2,1-2H3. The van der Waals surface area contributed by atoms with E-state index < -0.39 is 11.8 Å². The minimum atomic E-state index is -0.612. The van der Waals surface area contributed by atoms with Gasteiger partial charge in [-0.2, -0.15) is 0 Å². The van der Waals surface area contributed by atoms with Gasteiger partial charge in [0.25, 0.3) is 0 Å². The highest BCUT2D eigenvalue weighted by Gasteiger charge is 2.32. The predicted octanol–water partition coefficient (Wildman–Crippen LogP) is 4.41.